The number of amides is 1. The molecule has 1 aliphatic rings. The highest BCUT2D eigenvalue weighted by atomic mass is 16.5. The van der Waals surface area contributed by atoms with Gasteiger partial charge in [0.1, 0.15) is 11.5 Å². The van der Waals surface area contributed by atoms with Gasteiger partial charge in [0.2, 0.25) is 0 Å². The fourth-order valence-electron chi connectivity index (χ4n) is 4.01. The van der Waals surface area contributed by atoms with Crippen LogP contribution in [-0.2, 0) is 9.59 Å². The molecule has 3 aromatic rings. The number of hydrogen-bond acceptors (Lipinski definition) is 4. The first kappa shape index (κ1) is 22.3. The van der Waals surface area contributed by atoms with Crippen molar-refractivity contribution in [3.63, 3.8) is 0 Å². The lowest BCUT2D eigenvalue weighted by Gasteiger charge is -2.30. The van der Waals surface area contributed by atoms with E-state index < -0.39 is 23.1 Å². The highest BCUT2D eigenvalue weighted by Gasteiger charge is 2.47. The zero-order valence-electron chi connectivity index (χ0n) is 19.2. The average molecular weight is 442 g/mol. The van der Waals surface area contributed by atoms with Gasteiger partial charge >= 0.3 is 0 Å². The summed E-state index contributed by atoms with van der Waals surface area (Å²) in [5.41, 5.74) is 1.51. The largest absolute Gasteiger partial charge is 0.503 e. The minimum atomic E-state index is -0.776. The summed E-state index contributed by atoms with van der Waals surface area (Å²) < 4.78 is 5.99. The van der Waals surface area contributed by atoms with Crippen LogP contribution in [0.5, 0.6) is 11.5 Å². The Labute approximate surface area is 193 Å². The zero-order chi connectivity index (χ0) is 23.8. The molecule has 0 bridgehead atoms. The Morgan fingerprint density at radius 1 is 0.909 bits per heavy atom. The number of nitrogens with zero attached hydrogens (tertiary/aromatic N) is 1. The van der Waals surface area contributed by atoms with Gasteiger partial charge in [-0.15, -0.1) is 0 Å². The summed E-state index contributed by atoms with van der Waals surface area (Å²) in [6, 6.07) is 23.3. The van der Waals surface area contributed by atoms with Gasteiger partial charge in [-0.25, -0.2) is 0 Å². The second-order valence-electron chi connectivity index (χ2n) is 9.19. The summed E-state index contributed by atoms with van der Waals surface area (Å²) in [6.45, 7) is 7.24. The third-order valence-electron chi connectivity index (χ3n) is 5.66. The Morgan fingerprint density at radius 2 is 1.55 bits per heavy atom. The molecule has 0 fully saturated rings. The molecule has 1 unspecified atom stereocenters. The number of aliphatic hydroxyl groups is 1. The van der Waals surface area contributed by atoms with Crippen molar-refractivity contribution in [1.82, 2.24) is 0 Å². The fraction of sp³-hybridized carbons (Fsp3) is 0.214. The van der Waals surface area contributed by atoms with Crippen LogP contribution in [0, 0.1) is 12.3 Å². The predicted octanol–water partition coefficient (Wildman–Crippen LogP) is 6.30. The summed E-state index contributed by atoms with van der Waals surface area (Å²) in [5, 5.41) is 10.9. The van der Waals surface area contributed by atoms with Crippen LogP contribution in [0.15, 0.2) is 90.2 Å². The topological polar surface area (TPSA) is 66.8 Å². The van der Waals surface area contributed by atoms with Crippen LogP contribution in [0.3, 0.4) is 0 Å². The standard InChI is InChI=1S/C28H27NO4/c1-18-11-8-9-16-22(18)29-24(23(25(30)27(29)32)26(31)28(2,3)4)19-12-10-15-21(17-19)33-20-13-6-5-7-14-20/h5-17,24,30H,1-4H3. The normalized spacial score (nSPS) is 16.3. The second-order valence-corrected chi connectivity index (χ2v) is 9.19. The Hall–Kier alpha value is -3.86. The molecule has 1 aliphatic heterocycles. The molecule has 1 heterocycles. The average Bonchev–Trinajstić information content (AvgIpc) is 3.04. The van der Waals surface area contributed by atoms with E-state index >= 15 is 0 Å². The van der Waals surface area contributed by atoms with E-state index in [0.717, 1.165) is 5.56 Å². The Kier molecular flexibility index (Phi) is 5.81. The Bertz CT molecular complexity index is 1240. The van der Waals surface area contributed by atoms with Gasteiger partial charge < -0.3 is 9.84 Å². The lowest BCUT2D eigenvalue weighted by Crippen LogP contribution is -2.33. The number of carbonyl (C=O) groups excluding carboxylic acids is 2. The first-order chi connectivity index (χ1) is 15.7. The third kappa shape index (κ3) is 4.27. The van der Waals surface area contributed by atoms with Gasteiger partial charge in [-0.05, 0) is 48.4 Å². The van der Waals surface area contributed by atoms with Gasteiger partial charge in [-0.2, -0.15) is 0 Å². The number of para-hydroxylation sites is 2. The molecule has 168 valence electrons. The molecule has 0 saturated carbocycles. The minimum Gasteiger partial charge on any atom is -0.503 e. The monoisotopic (exact) mass is 441 g/mol. The second kappa shape index (κ2) is 8.58. The van der Waals surface area contributed by atoms with E-state index in [1.165, 1.54) is 4.90 Å². The van der Waals surface area contributed by atoms with Gasteiger partial charge in [0.05, 0.1) is 11.6 Å². The molecule has 0 saturated heterocycles. The first-order valence-corrected chi connectivity index (χ1v) is 10.9. The number of aryl methyl sites for hydroxylation is 1. The molecule has 0 aromatic heterocycles. The minimum absolute atomic E-state index is 0.104. The number of rotatable bonds is 5. The summed E-state index contributed by atoms with van der Waals surface area (Å²) in [6.07, 6.45) is 0. The maximum atomic E-state index is 13.4. The lowest BCUT2D eigenvalue weighted by molar-refractivity contribution is -0.123. The van der Waals surface area contributed by atoms with E-state index in [9.17, 15) is 14.7 Å². The third-order valence-corrected chi connectivity index (χ3v) is 5.66. The van der Waals surface area contributed by atoms with Crippen LogP contribution in [0.25, 0.3) is 0 Å². The molecule has 0 aliphatic carbocycles. The number of ether oxygens (including phenoxy) is 1. The number of carbonyl (C=O) groups is 2. The molecule has 1 N–H and O–H groups in total. The van der Waals surface area contributed by atoms with E-state index in [-0.39, 0.29) is 11.4 Å². The number of ketones is 1. The molecule has 5 heteroatoms. The van der Waals surface area contributed by atoms with Gasteiger partial charge in [0.15, 0.2) is 11.5 Å². The van der Waals surface area contributed by atoms with Crippen LogP contribution >= 0.6 is 0 Å². The van der Waals surface area contributed by atoms with Crippen molar-refractivity contribution >= 4 is 17.4 Å². The fourth-order valence-corrected chi connectivity index (χ4v) is 4.01. The number of anilines is 1. The summed E-state index contributed by atoms with van der Waals surface area (Å²) >= 11 is 0. The van der Waals surface area contributed by atoms with Crippen molar-refractivity contribution in [2.24, 2.45) is 5.41 Å². The Morgan fingerprint density at radius 3 is 2.21 bits per heavy atom. The van der Waals surface area contributed by atoms with Gasteiger partial charge in [0, 0.05) is 11.1 Å². The molecular formula is C28H27NO4. The van der Waals surface area contributed by atoms with Gasteiger partial charge in [0.25, 0.3) is 5.91 Å². The molecular weight excluding hydrogens is 414 g/mol. The van der Waals surface area contributed by atoms with Crippen LogP contribution in [0.2, 0.25) is 0 Å². The smallest absolute Gasteiger partial charge is 0.294 e. The SMILES string of the molecule is Cc1ccccc1N1C(=O)C(O)=C(C(=O)C(C)(C)C)C1c1cccc(Oc2ccccc2)c1. The molecule has 4 rings (SSSR count). The van der Waals surface area contributed by atoms with Crippen LogP contribution in [-0.4, -0.2) is 16.8 Å². The molecule has 5 nitrogen and oxygen atoms in total. The van der Waals surface area contributed by atoms with Crippen molar-refractivity contribution in [1.29, 1.82) is 0 Å². The van der Waals surface area contributed by atoms with Crippen molar-refractivity contribution in [2.45, 2.75) is 33.7 Å². The lowest BCUT2D eigenvalue weighted by atomic mass is 9.82. The van der Waals surface area contributed by atoms with E-state index in [4.69, 9.17) is 4.74 Å². The summed E-state index contributed by atoms with van der Waals surface area (Å²) in [4.78, 5) is 28.2. The van der Waals surface area contributed by atoms with E-state index in [0.29, 0.717) is 22.7 Å². The van der Waals surface area contributed by atoms with Crippen LogP contribution < -0.4 is 9.64 Å². The van der Waals surface area contributed by atoms with Gasteiger partial charge in [-0.3, -0.25) is 14.5 Å². The number of hydrogen-bond donors (Lipinski definition) is 1. The predicted molar refractivity (Wildman–Crippen MR) is 128 cm³/mol. The summed E-state index contributed by atoms with van der Waals surface area (Å²) in [7, 11) is 0. The highest BCUT2D eigenvalue weighted by molar-refractivity contribution is 6.17. The van der Waals surface area contributed by atoms with E-state index in [2.05, 4.69) is 0 Å². The van der Waals surface area contributed by atoms with Crippen molar-refractivity contribution in [3.05, 3.63) is 101 Å². The maximum absolute atomic E-state index is 13.4. The van der Waals surface area contributed by atoms with Crippen LogP contribution in [0.1, 0.15) is 37.9 Å². The summed E-state index contributed by atoms with van der Waals surface area (Å²) in [5.74, 6) is -0.111. The van der Waals surface area contributed by atoms with Crippen molar-refractivity contribution in [2.75, 3.05) is 4.90 Å². The molecule has 0 spiro atoms. The molecule has 0 radical (unpaired) electrons. The highest BCUT2D eigenvalue weighted by Crippen LogP contribution is 2.44. The van der Waals surface area contributed by atoms with E-state index in [1.54, 1.807) is 20.8 Å². The first-order valence-electron chi connectivity index (χ1n) is 10.9. The molecule has 3 aromatic carbocycles. The van der Waals surface area contributed by atoms with Crippen molar-refractivity contribution < 1.29 is 19.4 Å². The molecule has 1 atom stereocenters. The number of Topliss-reactive ketones (excluding diaryl/α,β-unsaturated/α-hetero) is 1. The zero-order valence-corrected chi connectivity index (χ0v) is 19.2. The number of aliphatic hydroxyl groups excluding tert-OH is 1. The van der Waals surface area contributed by atoms with Gasteiger partial charge in [-0.1, -0.05) is 69.3 Å². The molecule has 1 amide bonds. The van der Waals surface area contributed by atoms with Crippen molar-refractivity contribution in [3.8, 4) is 11.5 Å². The molecule has 33 heavy (non-hydrogen) atoms. The quantitative estimate of drug-likeness (QED) is 0.504. The Balaban J connectivity index is 1.85. The van der Waals surface area contributed by atoms with E-state index in [1.807, 2.05) is 85.8 Å². The van der Waals surface area contributed by atoms with Crippen LogP contribution in [0.4, 0.5) is 5.69 Å². The maximum Gasteiger partial charge on any atom is 0.294 e. The number of benzene rings is 3.